The van der Waals surface area contributed by atoms with Gasteiger partial charge in [0, 0.05) is 0 Å². The van der Waals surface area contributed by atoms with Gasteiger partial charge in [-0.3, -0.25) is 0 Å². The van der Waals surface area contributed by atoms with E-state index in [0.717, 1.165) is 0 Å². The Bertz CT molecular complexity index is 131. The molecule has 2 atom stereocenters. The molecule has 13 heavy (non-hydrogen) atoms. The van der Waals surface area contributed by atoms with E-state index in [1.54, 1.807) is 0 Å². The first-order valence-electron chi connectivity index (χ1n) is 3.73. The summed E-state index contributed by atoms with van der Waals surface area (Å²) in [5.74, 6) is 0. The Balaban J connectivity index is 3.16. The lowest BCUT2D eigenvalue weighted by molar-refractivity contribution is -0.516. The summed E-state index contributed by atoms with van der Waals surface area (Å²) in [6.45, 7) is 6.49. The maximum Gasteiger partial charge on any atom is 0.115 e. The summed E-state index contributed by atoms with van der Waals surface area (Å²) in [4.78, 5) is 8.78. The standard InChI is InChI=1S/C8H14O5/c1-3-7(9)5-11-13-12-6-8(10)4-2/h3-4,7-10H,1-2,5-6H2. The van der Waals surface area contributed by atoms with Crippen molar-refractivity contribution in [3.05, 3.63) is 25.3 Å². The summed E-state index contributed by atoms with van der Waals surface area (Å²) >= 11 is 0. The van der Waals surface area contributed by atoms with E-state index in [0.29, 0.717) is 0 Å². The lowest BCUT2D eigenvalue weighted by Crippen LogP contribution is -2.15. The summed E-state index contributed by atoms with van der Waals surface area (Å²) < 4.78 is 0. The molecule has 5 nitrogen and oxygen atoms in total. The fourth-order valence-corrected chi connectivity index (χ4v) is 0.365. The van der Waals surface area contributed by atoms with Crippen LogP contribution in [0.3, 0.4) is 0 Å². The van der Waals surface area contributed by atoms with Crippen LogP contribution >= 0.6 is 0 Å². The molecule has 0 heterocycles. The minimum atomic E-state index is -0.798. The van der Waals surface area contributed by atoms with Gasteiger partial charge in [0.2, 0.25) is 0 Å². The number of rotatable bonds is 8. The van der Waals surface area contributed by atoms with E-state index in [4.69, 9.17) is 10.2 Å². The maximum absolute atomic E-state index is 8.87. The minimum Gasteiger partial charge on any atom is -0.387 e. The maximum atomic E-state index is 8.87. The van der Waals surface area contributed by atoms with E-state index in [1.807, 2.05) is 0 Å². The van der Waals surface area contributed by atoms with Crippen LogP contribution < -0.4 is 0 Å². The molecule has 0 aliphatic rings. The van der Waals surface area contributed by atoms with Gasteiger partial charge in [0.1, 0.15) is 13.2 Å². The van der Waals surface area contributed by atoms with Crippen molar-refractivity contribution in [1.82, 2.24) is 0 Å². The van der Waals surface area contributed by atoms with Crippen LogP contribution in [0.5, 0.6) is 0 Å². The highest BCUT2D eigenvalue weighted by Gasteiger charge is 2.01. The van der Waals surface area contributed by atoms with Gasteiger partial charge in [0.15, 0.2) is 0 Å². The predicted molar refractivity (Wildman–Crippen MR) is 45.4 cm³/mol. The average Bonchev–Trinajstić information content (AvgIpc) is 2.16. The number of hydrogen-bond acceptors (Lipinski definition) is 5. The normalized spacial score (nSPS) is 14.9. The first-order chi connectivity index (χ1) is 6.20. The van der Waals surface area contributed by atoms with Gasteiger partial charge in [-0.05, 0) is 0 Å². The van der Waals surface area contributed by atoms with Crippen molar-refractivity contribution in [1.29, 1.82) is 0 Å². The summed E-state index contributed by atoms with van der Waals surface area (Å²) in [5.41, 5.74) is 0. The van der Waals surface area contributed by atoms with Crippen molar-refractivity contribution in [3.8, 4) is 0 Å². The van der Waals surface area contributed by atoms with Gasteiger partial charge < -0.3 is 10.2 Å². The molecule has 0 aliphatic heterocycles. The molecule has 0 rings (SSSR count). The molecule has 0 aromatic rings. The van der Waals surface area contributed by atoms with Gasteiger partial charge in [-0.1, -0.05) is 17.2 Å². The van der Waals surface area contributed by atoms with Crippen molar-refractivity contribution in [2.45, 2.75) is 12.2 Å². The number of aliphatic hydroxyl groups is 2. The SMILES string of the molecule is C=CC(O)COOOCC(O)C=C. The van der Waals surface area contributed by atoms with Crippen LogP contribution in [-0.2, 0) is 14.8 Å². The van der Waals surface area contributed by atoms with E-state index in [9.17, 15) is 0 Å². The molecule has 0 saturated carbocycles. The van der Waals surface area contributed by atoms with Crippen LogP contribution in [0.2, 0.25) is 0 Å². The molecule has 0 bridgehead atoms. The molecule has 2 unspecified atom stereocenters. The second-order valence-electron chi connectivity index (χ2n) is 2.24. The molecule has 0 aliphatic carbocycles. The third kappa shape index (κ3) is 7.63. The van der Waals surface area contributed by atoms with Crippen LogP contribution in [0.15, 0.2) is 25.3 Å². The third-order valence-corrected chi connectivity index (χ3v) is 1.12. The Morgan fingerprint density at radius 2 is 1.38 bits per heavy atom. The topological polar surface area (TPSA) is 68.2 Å². The lowest BCUT2D eigenvalue weighted by Gasteiger charge is -2.06. The van der Waals surface area contributed by atoms with Crippen molar-refractivity contribution in [3.63, 3.8) is 0 Å². The van der Waals surface area contributed by atoms with E-state index < -0.39 is 12.2 Å². The highest BCUT2D eigenvalue weighted by molar-refractivity contribution is 4.77. The van der Waals surface area contributed by atoms with Gasteiger partial charge in [-0.2, -0.15) is 0 Å². The average molecular weight is 190 g/mol. The zero-order chi connectivity index (χ0) is 10.1. The quantitative estimate of drug-likeness (QED) is 0.243. The Morgan fingerprint density at radius 1 is 1.00 bits per heavy atom. The van der Waals surface area contributed by atoms with Crippen LogP contribution in [-0.4, -0.2) is 35.6 Å². The van der Waals surface area contributed by atoms with Crippen LogP contribution in [0, 0.1) is 0 Å². The van der Waals surface area contributed by atoms with E-state index in [-0.39, 0.29) is 13.2 Å². The molecule has 0 aromatic heterocycles. The van der Waals surface area contributed by atoms with Gasteiger partial charge in [-0.25, -0.2) is 9.78 Å². The fraction of sp³-hybridized carbons (Fsp3) is 0.500. The molecule has 0 saturated heterocycles. The molecule has 76 valence electrons. The van der Waals surface area contributed by atoms with E-state index >= 15 is 0 Å². The highest BCUT2D eigenvalue weighted by Crippen LogP contribution is 1.91. The molecule has 5 heteroatoms. The zero-order valence-corrected chi connectivity index (χ0v) is 7.26. The number of hydrogen-bond donors (Lipinski definition) is 2. The van der Waals surface area contributed by atoms with Crippen molar-refractivity contribution >= 4 is 0 Å². The van der Waals surface area contributed by atoms with Crippen LogP contribution in [0.4, 0.5) is 0 Å². The second kappa shape index (κ2) is 7.90. The summed E-state index contributed by atoms with van der Waals surface area (Å²) in [6, 6.07) is 0. The van der Waals surface area contributed by atoms with Crippen LogP contribution in [0.25, 0.3) is 0 Å². The first kappa shape index (κ1) is 12.3. The van der Waals surface area contributed by atoms with Gasteiger partial charge in [0.05, 0.1) is 12.2 Å². The van der Waals surface area contributed by atoms with Crippen molar-refractivity contribution in [2.75, 3.05) is 13.2 Å². The monoisotopic (exact) mass is 190 g/mol. The van der Waals surface area contributed by atoms with E-state index in [1.165, 1.54) is 12.2 Å². The summed E-state index contributed by atoms with van der Waals surface area (Å²) in [5, 5.41) is 21.9. The lowest BCUT2D eigenvalue weighted by atomic mass is 10.4. The molecular formula is C8H14O5. The third-order valence-electron chi connectivity index (χ3n) is 1.12. The number of aliphatic hydroxyl groups excluding tert-OH is 2. The zero-order valence-electron chi connectivity index (χ0n) is 7.26. The predicted octanol–water partition coefficient (Wildman–Crippen LogP) is -0.0400. The Morgan fingerprint density at radius 3 is 1.69 bits per heavy atom. The minimum absolute atomic E-state index is 0.0757. The fourth-order valence-electron chi connectivity index (χ4n) is 0.365. The highest BCUT2D eigenvalue weighted by atomic mass is 17.5. The molecule has 0 amide bonds. The van der Waals surface area contributed by atoms with Gasteiger partial charge in [-0.15, -0.1) is 13.2 Å². The second-order valence-corrected chi connectivity index (χ2v) is 2.24. The Hall–Kier alpha value is -0.720. The van der Waals surface area contributed by atoms with Gasteiger partial charge in [0.25, 0.3) is 0 Å². The largest absolute Gasteiger partial charge is 0.387 e. The van der Waals surface area contributed by atoms with E-state index in [2.05, 4.69) is 28.0 Å². The smallest absolute Gasteiger partial charge is 0.115 e. The Kier molecular flexibility index (Phi) is 7.47. The van der Waals surface area contributed by atoms with Crippen molar-refractivity contribution in [2.24, 2.45) is 0 Å². The summed E-state index contributed by atoms with van der Waals surface area (Å²) in [7, 11) is 0. The van der Waals surface area contributed by atoms with Gasteiger partial charge >= 0.3 is 0 Å². The van der Waals surface area contributed by atoms with Crippen LogP contribution in [0.1, 0.15) is 0 Å². The molecule has 0 fully saturated rings. The molecule has 0 spiro atoms. The molecule has 0 aromatic carbocycles. The Labute approximate surface area is 76.7 Å². The molecular weight excluding hydrogens is 176 g/mol. The first-order valence-corrected chi connectivity index (χ1v) is 3.73. The van der Waals surface area contributed by atoms with Crippen molar-refractivity contribution < 1.29 is 25.0 Å². The summed E-state index contributed by atoms with van der Waals surface area (Å²) in [6.07, 6.45) is 0.991. The molecule has 2 N–H and O–H groups in total. The molecule has 0 radical (unpaired) electrons.